The Labute approximate surface area is 221 Å². The highest BCUT2D eigenvalue weighted by molar-refractivity contribution is 7.94. The molecule has 39 heavy (non-hydrogen) atoms. The van der Waals surface area contributed by atoms with Crippen LogP contribution in [-0.4, -0.2) is 28.2 Å². The van der Waals surface area contributed by atoms with Crippen LogP contribution in [0.5, 0.6) is 0 Å². The molecule has 0 saturated heterocycles. The van der Waals surface area contributed by atoms with Crippen LogP contribution in [0.1, 0.15) is 11.1 Å². The number of aromatic nitrogens is 3. The van der Waals surface area contributed by atoms with Gasteiger partial charge in [0.15, 0.2) is 5.52 Å². The van der Waals surface area contributed by atoms with Crippen LogP contribution in [0, 0.1) is 20.2 Å². The van der Waals surface area contributed by atoms with Crippen LogP contribution < -0.4 is 4.57 Å². The van der Waals surface area contributed by atoms with Crippen LogP contribution in [0.15, 0.2) is 102 Å². The highest BCUT2D eigenvalue weighted by atomic mass is 32.2. The topological polar surface area (TPSA) is 164 Å². The predicted molar refractivity (Wildman–Crippen MR) is 140 cm³/mol. The normalized spacial score (nSPS) is 11.3. The van der Waals surface area contributed by atoms with Gasteiger partial charge in [-0.1, -0.05) is 30.3 Å². The number of nitro benzene ring substituents is 2. The molecule has 2 aromatic heterocycles. The number of hydrogen-bond acceptors (Lipinski definition) is 8. The Kier molecular flexibility index (Phi) is 6.64. The molecule has 0 saturated carbocycles. The zero-order valence-electron chi connectivity index (χ0n) is 20.0. The minimum absolute atomic E-state index is 0.0134. The number of para-hydroxylation sites is 2. The molecule has 0 spiro atoms. The summed E-state index contributed by atoms with van der Waals surface area (Å²) in [6.45, 7) is 0. The Morgan fingerprint density at radius 3 is 1.79 bits per heavy atom. The van der Waals surface area contributed by atoms with Gasteiger partial charge in [0.25, 0.3) is 11.4 Å². The first-order valence-electron chi connectivity index (χ1n) is 11.4. The summed E-state index contributed by atoms with van der Waals surface area (Å²) < 4.78 is 31.7. The number of pyridine rings is 1. The van der Waals surface area contributed by atoms with Gasteiger partial charge in [0.05, 0.1) is 27.1 Å². The van der Waals surface area contributed by atoms with Crippen molar-refractivity contribution < 1.29 is 22.8 Å². The summed E-state index contributed by atoms with van der Waals surface area (Å²) >= 11 is 0. The van der Waals surface area contributed by atoms with E-state index in [1.165, 1.54) is 12.1 Å². The van der Waals surface area contributed by atoms with Gasteiger partial charge in [-0.2, -0.15) is 0 Å². The first-order chi connectivity index (χ1) is 18.7. The molecule has 0 unspecified atom stereocenters. The number of fused-ring (bicyclic) bond motifs is 1. The molecule has 0 N–H and O–H groups in total. The molecule has 5 aromatic rings. The quantitative estimate of drug-likeness (QED) is 0.154. The van der Waals surface area contributed by atoms with Gasteiger partial charge in [0.1, 0.15) is 0 Å². The molecule has 5 rings (SSSR count). The van der Waals surface area contributed by atoms with Gasteiger partial charge < -0.3 is 9.71 Å². The molecule has 0 aliphatic rings. The van der Waals surface area contributed by atoms with E-state index in [9.17, 15) is 28.6 Å². The average molecular weight is 543 g/mol. The predicted octanol–water partition coefficient (Wildman–Crippen LogP) is 4.71. The molecule has 0 atom stereocenters. The SMILES string of the molecule is O=[N+]([O-])c1ccc(Cc2cc[n+](-c3nc4ccccc4nc3[N-]S(=O)(=O)c3ccc([N+](=O)[O-])cc3)cc2)cc1. The zero-order valence-corrected chi connectivity index (χ0v) is 20.8. The fourth-order valence-electron chi connectivity index (χ4n) is 3.81. The molecular formula is C26H18N6O6S. The van der Waals surface area contributed by atoms with Crippen molar-refractivity contribution in [1.29, 1.82) is 0 Å². The lowest BCUT2D eigenvalue weighted by atomic mass is 10.1. The monoisotopic (exact) mass is 542 g/mol. The van der Waals surface area contributed by atoms with E-state index in [-0.39, 0.29) is 27.9 Å². The maximum atomic E-state index is 13.1. The molecule has 2 heterocycles. The molecule has 13 heteroatoms. The molecule has 0 aliphatic heterocycles. The fraction of sp³-hybridized carbons (Fsp3) is 0.0385. The molecule has 0 aliphatic carbocycles. The highest BCUT2D eigenvalue weighted by Gasteiger charge is 2.19. The number of rotatable bonds is 8. The van der Waals surface area contributed by atoms with E-state index < -0.39 is 19.9 Å². The van der Waals surface area contributed by atoms with Crippen LogP contribution in [0.25, 0.3) is 21.6 Å². The Morgan fingerprint density at radius 1 is 0.718 bits per heavy atom. The van der Waals surface area contributed by atoms with Crippen molar-refractivity contribution in [2.45, 2.75) is 11.3 Å². The van der Waals surface area contributed by atoms with Gasteiger partial charge in [-0.3, -0.25) is 20.2 Å². The van der Waals surface area contributed by atoms with Gasteiger partial charge >= 0.3 is 5.82 Å². The van der Waals surface area contributed by atoms with Crippen LogP contribution in [-0.2, 0) is 16.4 Å². The van der Waals surface area contributed by atoms with E-state index in [4.69, 9.17) is 0 Å². The largest absolute Gasteiger partial charge is 0.425 e. The van der Waals surface area contributed by atoms with Crippen molar-refractivity contribution in [2.75, 3.05) is 0 Å². The summed E-state index contributed by atoms with van der Waals surface area (Å²) in [4.78, 5) is 29.5. The van der Waals surface area contributed by atoms with Crippen molar-refractivity contribution in [3.8, 4) is 5.82 Å². The smallest absolute Gasteiger partial charge is 0.327 e. The van der Waals surface area contributed by atoms with Crippen LogP contribution in [0.3, 0.4) is 0 Å². The second kappa shape index (κ2) is 10.2. The lowest BCUT2D eigenvalue weighted by molar-refractivity contribution is -0.598. The minimum Gasteiger partial charge on any atom is -0.425 e. The van der Waals surface area contributed by atoms with E-state index >= 15 is 0 Å². The number of hydrogen-bond donors (Lipinski definition) is 0. The third kappa shape index (κ3) is 5.52. The number of nitrogens with zero attached hydrogens (tertiary/aromatic N) is 6. The Balaban J connectivity index is 1.47. The van der Waals surface area contributed by atoms with E-state index in [2.05, 4.69) is 14.7 Å². The lowest BCUT2D eigenvalue weighted by Crippen LogP contribution is -2.31. The van der Waals surface area contributed by atoms with Gasteiger partial charge in [0.2, 0.25) is 10.0 Å². The van der Waals surface area contributed by atoms with Gasteiger partial charge in [-0.25, -0.2) is 13.0 Å². The number of nitro groups is 2. The minimum atomic E-state index is -4.27. The summed E-state index contributed by atoms with van der Waals surface area (Å²) in [5.74, 6) is 0.0150. The molecule has 194 valence electrons. The fourth-order valence-corrected chi connectivity index (χ4v) is 4.75. The van der Waals surface area contributed by atoms with E-state index in [1.807, 2.05) is 12.1 Å². The van der Waals surface area contributed by atoms with Gasteiger partial charge in [-0.15, -0.1) is 0 Å². The molecule has 3 aromatic carbocycles. The first kappa shape index (κ1) is 25.4. The Bertz CT molecular complexity index is 1810. The van der Waals surface area contributed by atoms with Crippen molar-refractivity contribution in [3.63, 3.8) is 0 Å². The summed E-state index contributed by atoms with van der Waals surface area (Å²) in [6.07, 6.45) is 3.90. The van der Waals surface area contributed by atoms with E-state index in [0.29, 0.717) is 17.5 Å². The number of benzene rings is 3. The van der Waals surface area contributed by atoms with Crippen molar-refractivity contribution >= 4 is 38.2 Å². The second-order valence-electron chi connectivity index (χ2n) is 8.39. The summed E-state index contributed by atoms with van der Waals surface area (Å²) in [6, 6.07) is 21.3. The summed E-state index contributed by atoms with van der Waals surface area (Å²) in [5, 5.41) is 21.8. The molecular weight excluding hydrogens is 524 g/mol. The van der Waals surface area contributed by atoms with Crippen LogP contribution >= 0.6 is 0 Å². The second-order valence-corrected chi connectivity index (χ2v) is 10.00. The van der Waals surface area contributed by atoms with Gasteiger partial charge in [-0.05, 0) is 52.9 Å². The Morgan fingerprint density at radius 2 is 1.23 bits per heavy atom. The molecule has 0 fully saturated rings. The van der Waals surface area contributed by atoms with Crippen molar-refractivity contribution in [2.24, 2.45) is 0 Å². The third-order valence-corrected chi connectivity index (χ3v) is 7.07. The number of non-ortho nitro benzene ring substituents is 2. The third-order valence-electron chi connectivity index (χ3n) is 5.78. The summed E-state index contributed by atoms with van der Waals surface area (Å²) in [7, 11) is -4.27. The highest BCUT2D eigenvalue weighted by Crippen LogP contribution is 2.31. The number of sulfonamides is 1. The molecule has 12 nitrogen and oxygen atoms in total. The Hall–Kier alpha value is -5.30. The standard InChI is InChI=1S/C26H18N6O6S/c33-31(34)20-7-5-18(6-8-20)17-19-13-15-30(16-14-19)26-25(27-23-3-1-2-4-24(23)28-26)29-39(37,38)22-11-9-21(10-12-22)32(35)36/h1-16H,17H2. The average Bonchev–Trinajstić information content (AvgIpc) is 2.93. The molecule has 0 bridgehead atoms. The van der Waals surface area contributed by atoms with Crippen LogP contribution in [0.4, 0.5) is 17.2 Å². The lowest BCUT2D eigenvalue weighted by Gasteiger charge is -2.16. The van der Waals surface area contributed by atoms with E-state index in [0.717, 1.165) is 35.4 Å². The van der Waals surface area contributed by atoms with Crippen LogP contribution in [0.2, 0.25) is 0 Å². The summed E-state index contributed by atoms with van der Waals surface area (Å²) in [5.41, 5.74) is 2.53. The van der Waals surface area contributed by atoms with Crippen molar-refractivity contribution in [1.82, 2.24) is 9.97 Å². The molecule has 0 amide bonds. The maximum Gasteiger partial charge on any atom is 0.327 e. The van der Waals surface area contributed by atoms with Crippen molar-refractivity contribution in [3.05, 3.63) is 133 Å². The maximum absolute atomic E-state index is 13.1. The molecule has 0 radical (unpaired) electrons. The zero-order chi connectivity index (χ0) is 27.6. The van der Waals surface area contributed by atoms with E-state index in [1.54, 1.807) is 53.4 Å². The first-order valence-corrected chi connectivity index (χ1v) is 12.9. The van der Waals surface area contributed by atoms with Gasteiger partial charge in [0, 0.05) is 35.6 Å².